The quantitative estimate of drug-likeness (QED) is 0.592. The van der Waals surface area contributed by atoms with Crippen LogP contribution in [0.3, 0.4) is 0 Å². The van der Waals surface area contributed by atoms with Gasteiger partial charge in [-0.25, -0.2) is 4.98 Å². The first-order valence-corrected chi connectivity index (χ1v) is 5.46. The Labute approximate surface area is 91.6 Å². The van der Waals surface area contributed by atoms with Crippen LogP contribution in [-0.2, 0) is 16.1 Å². The van der Waals surface area contributed by atoms with Crippen molar-refractivity contribution in [3.8, 4) is 0 Å². The lowest BCUT2D eigenvalue weighted by Crippen LogP contribution is -2.20. The van der Waals surface area contributed by atoms with E-state index in [0.29, 0.717) is 20.1 Å². The molecule has 0 amide bonds. The van der Waals surface area contributed by atoms with Crippen LogP contribution in [-0.4, -0.2) is 30.0 Å². The van der Waals surface area contributed by atoms with Crippen molar-refractivity contribution in [2.45, 2.75) is 6.61 Å². The molecule has 2 aromatic heterocycles. The van der Waals surface area contributed by atoms with E-state index in [0.717, 1.165) is 10.7 Å². The largest absolute Gasteiger partial charge is 0.369 e. The highest BCUT2D eigenvalue weighted by Crippen LogP contribution is 2.11. The second-order valence-corrected chi connectivity index (χ2v) is 3.87. The Hall–Kier alpha value is -0.950. The van der Waals surface area contributed by atoms with Crippen molar-refractivity contribution in [3.05, 3.63) is 23.5 Å². The molecule has 0 unspecified atom stereocenters. The van der Waals surface area contributed by atoms with Crippen molar-refractivity contribution in [3.63, 3.8) is 0 Å². The van der Waals surface area contributed by atoms with Gasteiger partial charge in [-0.1, -0.05) is 0 Å². The molecule has 2 aromatic rings. The van der Waals surface area contributed by atoms with Crippen LogP contribution >= 0.6 is 11.3 Å². The normalized spacial score (nSPS) is 11.3. The molecule has 0 saturated carbocycles. The van der Waals surface area contributed by atoms with Gasteiger partial charge in [-0.3, -0.25) is 9.72 Å². The fourth-order valence-electron chi connectivity index (χ4n) is 1.22. The van der Waals surface area contributed by atoms with Gasteiger partial charge in [0.05, 0.1) is 25.8 Å². The number of fused-ring (bicyclic) bond motifs is 1. The molecular weight excluding hydrogens is 214 g/mol. The predicted molar refractivity (Wildman–Crippen MR) is 57.7 cm³/mol. The van der Waals surface area contributed by atoms with Crippen LogP contribution in [0, 0.1) is 0 Å². The SMILES string of the molecule is COCNCOCc1cn2ccsc2n1. The zero-order chi connectivity index (χ0) is 10.5. The molecule has 2 rings (SSSR count). The lowest BCUT2D eigenvalue weighted by molar-refractivity contribution is 0.0684. The number of hydrogen-bond acceptors (Lipinski definition) is 5. The summed E-state index contributed by atoms with van der Waals surface area (Å²) in [6.45, 7) is 1.49. The van der Waals surface area contributed by atoms with Crippen molar-refractivity contribution in [1.82, 2.24) is 14.7 Å². The highest BCUT2D eigenvalue weighted by atomic mass is 32.1. The topological polar surface area (TPSA) is 47.8 Å². The summed E-state index contributed by atoms with van der Waals surface area (Å²) in [5, 5.41) is 4.96. The summed E-state index contributed by atoms with van der Waals surface area (Å²) in [5.74, 6) is 0. The van der Waals surface area contributed by atoms with Gasteiger partial charge < -0.3 is 9.47 Å². The summed E-state index contributed by atoms with van der Waals surface area (Å²) in [7, 11) is 1.64. The lowest BCUT2D eigenvalue weighted by Gasteiger charge is -2.02. The summed E-state index contributed by atoms with van der Waals surface area (Å²) < 4.78 is 12.2. The van der Waals surface area contributed by atoms with Crippen molar-refractivity contribution >= 4 is 16.3 Å². The number of nitrogens with one attached hydrogen (secondary N) is 1. The highest BCUT2D eigenvalue weighted by Gasteiger charge is 2.01. The average Bonchev–Trinajstić information content (AvgIpc) is 2.77. The van der Waals surface area contributed by atoms with Gasteiger partial charge in [0, 0.05) is 24.9 Å². The maximum atomic E-state index is 5.36. The third-order valence-electron chi connectivity index (χ3n) is 1.84. The van der Waals surface area contributed by atoms with E-state index < -0.39 is 0 Å². The highest BCUT2D eigenvalue weighted by molar-refractivity contribution is 7.15. The number of methoxy groups -OCH3 is 1. The van der Waals surface area contributed by atoms with Crippen molar-refractivity contribution in [2.24, 2.45) is 0 Å². The van der Waals surface area contributed by atoms with E-state index in [2.05, 4.69) is 10.3 Å². The summed E-state index contributed by atoms with van der Waals surface area (Å²) in [6.07, 6.45) is 3.96. The number of aromatic nitrogens is 2. The molecule has 5 nitrogen and oxygen atoms in total. The van der Waals surface area contributed by atoms with Crippen molar-refractivity contribution < 1.29 is 9.47 Å². The van der Waals surface area contributed by atoms with E-state index >= 15 is 0 Å². The lowest BCUT2D eigenvalue weighted by atomic mass is 10.5. The molecule has 0 bridgehead atoms. The van der Waals surface area contributed by atoms with E-state index in [-0.39, 0.29) is 0 Å². The van der Waals surface area contributed by atoms with Crippen LogP contribution in [0.15, 0.2) is 17.8 Å². The Bertz CT molecular complexity index is 384. The molecule has 6 heteroatoms. The molecule has 0 aromatic carbocycles. The minimum absolute atomic E-state index is 0.471. The fraction of sp³-hybridized carbons (Fsp3) is 0.444. The summed E-state index contributed by atoms with van der Waals surface area (Å²) in [5.41, 5.74) is 0.945. The van der Waals surface area contributed by atoms with Gasteiger partial charge in [-0.15, -0.1) is 11.3 Å². The Morgan fingerprint density at radius 1 is 1.53 bits per heavy atom. The number of hydrogen-bond donors (Lipinski definition) is 1. The minimum atomic E-state index is 0.471. The second-order valence-electron chi connectivity index (χ2n) is 3.00. The van der Waals surface area contributed by atoms with E-state index in [9.17, 15) is 0 Å². The summed E-state index contributed by atoms with van der Waals surface area (Å²) in [4.78, 5) is 5.39. The van der Waals surface area contributed by atoms with E-state index in [4.69, 9.17) is 9.47 Å². The Kier molecular flexibility index (Phi) is 3.68. The van der Waals surface area contributed by atoms with Gasteiger partial charge in [0.1, 0.15) is 0 Å². The first kappa shape index (κ1) is 10.6. The number of nitrogens with zero attached hydrogens (tertiary/aromatic N) is 2. The molecule has 0 atom stereocenters. The number of rotatable bonds is 6. The molecule has 0 spiro atoms. The number of imidazole rings is 1. The monoisotopic (exact) mass is 227 g/mol. The molecule has 0 saturated heterocycles. The summed E-state index contributed by atoms with van der Waals surface area (Å²) >= 11 is 1.62. The molecular formula is C9H13N3O2S. The van der Waals surface area contributed by atoms with Crippen LogP contribution in [0.25, 0.3) is 4.96 Å². The molecule has 0 aliphatic carbocycles. The Morgan fingerprint density at radius 2 is 2.47 bits per heavy atom. The van der Waals surface area contributed by atoms with Crippen LogP contribution in [0.2, 0.25) is 0 Å². The van der Waals surface area contributed by atoms with Crippen LogP contribution in [0.1, 0.15) is 5.69 Å². The minimum Gasteiger partial charge on any atom is -0.369 e. The van der Waals surface area contributed by atoms with Crippen LogP contribution in [0.5, 0.6) is 0 Å². The third-order valence-corrected chi connectivity index (χ3v) is 2.61. The fourth-order valence-corrected chi connectivity index (χ4v) is 1.94. The van der Waals surface area contributed by atoms with Gasteiger partial charge >= 0.3 is 0 Å². The standard InChI is InChI=1S/C9H13N3O2S/c1-13-6-10-7-14-5-8-4-12-2-3-15-9(12)11-8/h2-4,10H,5-7H2,1H3. The van der Waals surface area contributed by atoms with Gasteiger partial charge in [0.15, 0.2) is 4.96 Å². The van der Waals surface area contributed by atoms with E-state index in [1.165, 1.54) is 0 Å². The second kappa shape index (κ2) is 5.22. The molecule has 0 aliphatic heterocycles. The van der Waals surface area contributed by atoms with Crippen LogP contribution in [0.4, 0.5) is 0 Å². The van der Waals surface area contributed by atoms with E-state index in [1.807, 2.05) is 22.2 Å². The molecule has 0 fully saturated rings. The maximum absolute atomic E-state index is 5.36. The van der Waals surface area contributed by atoms with Crippen LogP contribution < -0.4 is 5.32 Å². The zero-order valence-corrected chi connectivity index (χ0v) is 9.29. The van der Waals surface area contributed by atoms with Gasteiger partial charge in [0.25, 0.3) is 0 Å². The summed E-state index contributed by atoms with van der Waals surface area (Å²) in [6, 6.07) is 0. The maximum Gasteiger partial charge on any atom is 0.193 e. The Balaban J connectivity index is 1.77. The average molecular weight is 227 g/mol. The van der Waals surface area contributed by atoms with Gasteiger partial charge in [0.2, 0.25) is 0 Å². The van der Waals surface area contributed by atoms with Crippen molar-refractivity contribution in [1.29, 1.82) is 0 Å². The molecule has 0 radical (unpaired) electrons. The van der Waals surface area contributed by atoms with Gasteiger partial charge in [-0.05, 0) is 0 Å². The first-order valence-electron chi connectivity index (χ1n) is 4.58. The Morgan fingerprint density at radius 3 is 3.27 bits per heavy atom. The molecule has 2 heterocycles. The molecule has 82 valence electrons. The third kappa shape index (κ3) is 2.75. The van der Waals surface area contributed by atoms with E-state index in [1.54, 1.807) is 18.4 Å². The van der Waals surface area contributed by atoms with Gasteiger partial charge in [-0.2, -0.15) is 0 Å². The number of thiazole rings is 1. The molecule has 15 heavy (non-hydrogen) atoms. The molecule has 1 N–H and O–H groups in total. The predicted octanol–water partition coefficient (Wildman–Crippen LogP) is 1.06. The zero-order valence-electron chi connectivity index (χ0n) is 8.47. The number of ether oxygens (including phenoxy) is 2. The molecule has 0 aliphatic rings. The smallest absolute Gasteiger partial charge is 0.193 e. The van der Waals surface area contributed by atoms with Crippen molar-refractivity contribution in [2.75, 3.05) is 20.6 Å². The first-order chi connectivity index (χ1) is 7.40.